The van der Waals surface area contributed by atoms with Crippen molar-refractivity contribution in [1.29, 1.82) is 0 Å². The molecule has 1 rings (SSSR count). The van der Waals surface area contributed by atoms with Crippen LogP contribution in [0.4, 0.5) is 0 Å². The third-order valence-electron chi connectivity index (χ3n) is 2.28. The van der Waals surface area contributed by atoms with Crippen molar-refractivity contribution in [3.8, 4) is 5.75 Å². The molecule has 96 valence electrons. The maximum absolute atomic E-state index is 11.4. The van der Waals surface area contributed by atoms with Crippen LogP contribution in [0.1, 0.15) is 12.5 Å². The van der Waals surface area contributed by atoms with Gasteiger partial charge < -0.3 is 15.6 Å². The standard InChI is InChI=1S/C13H15NO4/c1-8(2)13(17)18-11-6-4-3-5-9(11)7-10(14)12(15)16/h3-6,10H,1,7,14H2,2H3,(H,15,16)/t10-/m0/s1. The highest BCUT2D eigenvalue weighted by Crippen LogP contribution is 2.20. The number of ether oxygens (including phenoxy) is 1. The van der Waals surface area contributed by atoms with Crippen LogP contribution in [0.5, 0.6) is 5.75 Å². The molecule has 0 radical (unpaired) electrons. The second kappa shape index (κ2) is 5.97. The Morgan fingerprint density at radius 1 is 1.44 bits per heavy atom. The van der Waals surface area contributed by atoms with Crippen LogP contribution in [-0.2, 0) is 16.0 Å². The summed E-state index contributed by atoms with van der Waals surface area (Å²) < 4.78 is 5.10. The second-order valence-electron chi connectivity index (χ2n) is 3.93. The molecule has 0 aliphatic heterocycles. The van der Waals surface area contributed by atoms with Crippen molar-refractivity contribution in [1.82, 2.24) is 0 Å². The minimum atomic E-state index is -1.10. The first-order chi connectivity index (χ1) is 8.41. The summed E-state index contributed by atoms with van der Waals surface area (Å²) in [6.07, 6.45) is 0.0922. The Balaban J connectivity index is 2.89. The smallest absolute Gasteiger partial charge is 0.338 e. The lowest BCUT2D eigenvalue weighted by molar-refractivity contribution is -0.138. The van der Waals surface area contributed by atoms with Gasteiger partial charge in [0, 0.05) is 12.0 Å². The molecule has 0 saturated carbocycles. The van der Waals surface area contributed by atoms with Crippen molar-refractivity contribution in [2.75, 3.05) is 0 Å². The number of esters is 1. The second-order valence-corrected chi connectivity index (χ2v) is 3.93. The van der Waals surface area contributed by atoms with E-state index in [1.165, 1.54) is 6.92 Å². The minimum absolute atomic E-state index is 0.0922. The molecule has 0 bridgehead atoms. The predicted molar refractivity (Wildman–Crippen MR) is 66.2 cm³/mol. The highest BCUT2D eigenvalue weighted by atomic mass is 16.5. The lowest BCUT2D eigenvalue weighted by Crippen LogP contribution is -2.32. The Labute approximate surface area is 105 Å². The Morgan fingerprint density at radius 2 is 2.06 bits per heavy atom. The summed E-state index contributed by atoms with van der Waals surface area (Å²) in [5.74, 6) is -1.34. The van der Waals surface area contributed by atoms with E-state index in [1.807, 2.05) is 0 Å². The van der Waals surface area contributed by atoms with Gasteiger partial charge in [-0.15, -0.1) is 0 Å². The summed E-state index contributed by atoms with van der Waals surface area (Å²) in [6, 6.07) is 5.64. The molecule has 18 heavy (non-hydrogen) atoms. The molecular weight excluding hydrogens is 234 g/mol. The first-order valence-electron chi connectivity index (χ1n) is 5.35. The Morgan fingerprint density at radius 3 is 2.61 bits per heavy atom. The van der Waals surface area contributed by atoms with Crippen molar-refractivity contribution in [3.63, 3.8) is 0 Å². The number of hydrogen-bond donors (Lipinski definition) is 2. The SMILES string of the molecule is C=C(C)C(=O)Oc1ccccc1C[C@H](N)C(=O)O. The lowest BCUT2D eigenvalue weighted by Gasteiger charge is -2.11. The number of benzene rings is 1. The van der Waals surface area contributed by atoms with Crippen LogP contribution in [0, 0.1) is 0 Å². The highest BCUT2D eigenvalue weighted by molar-refractivity contribution is 5.89. The zero-order valence-electron chi connectivity index (χ0n) is 10.1. The average molecular weight is 249 g/mol. The molecular formula is C13H15NO4. The monoisotopic (exact) mass is 249 g/mol. The molecule has 5 heteroatoms. The van der Waals surface area contributed by atoms with Gasteiger partial charge in [0.25, 0.3) is 0 Å². The quantitative estimate of drug-likeness (QED) is 0.463. The van der Waals surface area contributed by atoms with E-state index in [9.17, 15) is 9.59 Å². The highest BCUT2D eigenvalue weighted by Gasteiger charge is 2.16. The Bertz CT molecular complexity index is 482. The molecule has 5 nitrogen and oxygen atoms in total. The molecule has 1 aromatic rings. The van der Waals surface area contributed by atoms with Gasteiger partial charge in [0.15, 0.2) is 0 Å². The van der Waals surface area contributed by atoms with Crippen LogP contribution in [0.15, 0.2) is 36.4 Å². The Kier molecular flexibility index (Phi) is 4.62. The number of carbonyl (C=O) groups is 2. The third-order valence-corrected chi connectivity index (χ3v) is 2.28. The zero-order valence-corrected chi connectivity index (χ0v) is 10.1. The predicted octanol–water partition coefficient (Wildman–Crippen LogP) is 1.12. The molecule has 0 spiro atoms. The van der Waals surface area contributed by atoms with Crippen molar-refractivity contribution in [3.05, 3.63) is 42.0 Å². The van der Waals surface area contributed by atoms with Gasteiger partial charge in [0.1, 0.15) is 11.8 Å². The Hall–Kier alpha value is -2.14. The maximum atomic E-state index is 11.4. The normalized spacial score (nSPS) is 11.7. The van der Waals surface area contributed by atoms with Crippen LogP contribution in [0.3, 0.4) is 0 Å². The molecule has 0 unspecified atom stereocenters. The topological polar surface area (TPSA) is 89.6 Å². The van der Waals surface area contributed by atoms with Gasteiger partial charge in [-0.05, 0) is 18.6 Å². The third kappa shape index (κ3) is 3.71. The van der Waals surface area contributed by atoms with Crippen LogP contribution in [0.25, 0.3) is 0 Å². The lowest BCUT2D eigenvalue weighted by atomic mass is 10.1. The van der Waals surface area contributed by atoms with Crippen LogP contribution >= 0.6 is 0 Å². The van der Waals surface area contributed by atoms with Crippen LogP contribution in [0.2, 0.25) is 0 Å². The van der Waals surface area contributed by atoms with Gasteiger partial charge in [-0.3, -0.25) is 4.79 Å². The maximum Gasteiger partial charge on any atom is 0.338 e. The molecule has 0 saturated heterocycles. The number of nitrogens with two attached hydrogens (primary N) is 1. The van der Waals surface area contributed by atoms with Gasteiger partial charge >= 0.3 is 11.9 Å². The van der Waals surface area contributed by atoms with E-state index in [4.69, 9.17) is 15.6 Å². The van der Waals surface area contributed by atoms with E-state index in [0.717, 1.165) is 0 Å². The summed E-state index contributed by atoms with van der Waals surface area (Å²) >= 11 is 0. The number of para-hydroxylation sites is 1. The molecule has 0 aliphatic carbocycles. The fraction of sp³-hybridized carbons (Fsp3) is 0.231. The molecule has 0 amide bonds. The number of rotatable bonds is 5. The number of carboxylic acids is 1. The van der Waals surface area contributed by atoms with E-state index in [1.54, 1.807) is 24.3 Å². The average Bonchev–Trinajstić information content (AvgIpc) is 2.31. The molecule has 0 heterocycles. The van der Waals surface area contributed by atoms with Crippen molar-refractivity contribution >= 4 is 11.9 Å². The summed E-state index contributed by atoms with van der Waals surface area (Å²) in [6.45, 7) is 5.01. The molecule has 0 aliphatic rings. The van der Waals surface area contributed by atoms with E-state index < -0.39 is 18.0 Å². The van der Waals surface area contributed by atoms with Crippen molar-refractivity contribution < 1.29 is 19.4 Å². The molecule has 1 aromatic carbocycles. The number of hydrogen-bond acceptors (Lipinski definition) is 4. The molecule has 0 aromatic heterocycles. The van der Waals surface area contributed by atoms with E-state index >= 15 is 0 Å². The van der Waals surface area contributed by atoms with Gasteiger partial charge in [0.2, 0.25) is 0 Å². The zero-order chi connectivity index (χ0) is 13.7. The summed E-state index contributed by atoms with van der Waals surface area (Å²) in [5, 5.41) is 8.76. The van der Waals surface area contributed by atoms with Crippen molar-refractivity contribution in [2.45, 2.75) is 19.4 Å². The number of carbonyl (C=O) groups excluding carboxylic acids is 1. The van der Waals surface area contributed by atoms with Crippen molar-refractivity contribution in [2.24, 2.45) is 5.73 Å². The van der Waals surface area contributed by atoms with E-state index in [0.29, 0.717) is 11.3 Å². The molecule has 1 atom stereocenters. The van der Waals surface area contributed by atoms with E-state index in [2.05, 4.69) is 6.58 Å². The van der Waals surface area contributed by atoms with Crippen LogP contribution in [-0.4, -0.2) is 23.1 Å². The van der Waals surface area contributed by atoms with Crippen LogP contribution < -0.4 is 10.5 Å². The summed E-state index contributed by atoms with van der Waals surface area (Å²) in [4.78, 5) is 22.1. The number of aliphatic carboxylic acids is 1. The first kappa shape index (κ1) is 13.9. The largest absolute Gasteiger partial charge is 0.480 e. The van der Waals surface area contributed by atoms with Gasteiger partial charge in [-0.2, -0.15) is 0 Å². The van der Waals surface area contributed by atoms with E-state index in [-0.39, 0.29) is 12.0 Å². The fourth-order valence-electron chi connectivity index (χ4n) is 1.28. The summed E-state index contributed by atoms with van der Waals surface area (Å²) in [5.41, 5.74) is 6.29. The fourth-order valence-corrected chi connectivity index (χ4v) is 1.28. The summed E-state index contributed by atoms with van der Waals surface area (Å²) in [7, 11) is 0. The van der Waals surface area contributed by atoms with Gasteiger partial charge in [0.05, 0.1) is 0 Å². The minimum Gasteiger partial charge on any atom is -0.480 e. The molecule has 3 N–H and O–H groups in total. The van der Waals surface area contributed by atoms with Gasteiger partial charge in [-0.25, -0.2) is 4.79 Å². The first-order valence-corrected chi connectivity index (χ1v) is 5.35. The van der Waals surface area contributed by atoms with Gasteiger partial charge in [-0.1, -0.05) is 24.8 Å². The molecule has 0 fully saturated rings. The number of carboxylic acid groups (broad SMARTS) is 1.